The molecular formula is C16H17F3N2O2. The average Bonchev–Trinajstić information content (AvgIpc) is 2.82. The fourth-order valence-electron chi connectivity index (χ4n) is 3.45. The summed E-state index contributed by atoms with van der Waals surface area (Å²) in [5, 5.41) is 1.20. The lowest BCUT2D eigenvalue weighted by atomic mass is 9.75. The van der Waals surface area contributed by atoms with Crippen molar-refractivity contribution in [3.8, 4) is 0 Å². The number of para-hydroxylation sites is 1. The molecule has 2 amide bonds. The van der Waals surface area contributed by atoms with E-state index in [1.807, 2.05) is 0 Å². The molecule has 0 aromatic heterocycles. The smallest absolute Gasteiger partial charge is 0.272 e. The number of benzene rings is 1. The summed E-state index contributed by atoms with van der Waals surface area (Å²) in [6.07, 6.45) is -3.73. The zero-order chi connectivity index (χ0) is 16.6. The molecule has 1 unspecified atom stereocenters. The van der Waals surface area contributed by atoms with Crippen LogP contribution >= 0.6 is 0 Å². The van der Waals surface area contributed by atoms with Gasteiger partial charge in [0.2, 0.25) is 0 Å². The summed E-state index contributed by atoms with van der Waals surface area (Å²) in [7, 11) is 0. The van der Waals surface area contributed by atoms with Gasteiger partial charge in [-0.1, -0.05) is 18.2 Å². The number of hydrogen-bond acceptors (Lipinski definition) is 2. The van der Waals surface area contributed by atoms with Gasteiger partial charge in [0, 0.05) is 0 Å². The van der Waals surface area contributed by atoms with Crippen LogP contribution < -0.4 is 10.4 Å². The molecule has 3 rings (SSSR count). The molecule has 4 nitrogen and oxygen atoms in total. The van der Waals surface area contributed by atoms with E-state index < -0.39 is 23.9 Å². The number of nitrogens with zero attached hydrogens (tertiary/aromatic N) is 1. The van der Waals surface area contributed by atoms with E-state index in [4.69, 9.17) is 0 Å². The van der Waals surface area contributed by atoms with E-state index in [1.54, 1.807) is 30.3 Å². The third-order valence-electron chi connectivity index (χ3n) is 4.71. The summed E-state index contributed by atoms with van der Waals surface area (Å²) in [4.78, 5) is 24.7. The van der Waals surface area contributed by atoms with Gasteiger partial charge in [0.25, 0.3) is 11.8 Å². The fourth-order valence-corrected chi connectivity index (χ4v) is 3.45. The largest absolute Gasteiger partial charge is 0.391 e. The van der Waals surface area contributed by atoms with E-state index >= 15 is 0 Å². The number of alkyl halides is 3. The number of hydrazine groups is 1. The Bertz CT molecular complexity index is 595. The predicted octanol–water partition coefficient (Wildman–Crippen LogP) is 3.05. The van der Waals surface area contributed by atoms with Gasteiger partial charge in [-0.05, 0) is 43.7 Å². The van der Waals surface area contributed by atoms with Gasteiger partial charge >= 0.3 is 6.18 Å². The Kier molecular flexibility index (Phi) is 4.04. The van der Waals surface area contributed by atoms with Crippen LogP contribution in [0, 0.1) is 17.8 Å². The highest BCUT2D eigenvalue weighted by Crippen LogP contribution is 2.42. The Balaban J connectivity index is 1.70. The molecular weight excluding hydrogens is 309 g/mol. The first kappa shape index (κ1) is 15.8. The summed E-state index contributed by atoms with van der Waals surface area (Å²) < 4.78 is 38.2. The van der Waals surface area contributed by atoms with E-state index in [-0.39, 0.29) is 37.5 Å². The Morgan fingerprint density at radius 2 is 1.61 bits per heavy atom. The molecule has 1 atom stereocenters. The van der Waals surface area contributed by atoms with E-state index in [1.165, 1.54) is 5.01 Å². The van der Waals surface area contributed by atoms with Crippen molar-refractivity contribution in [3.05, 3.63) is 30.3 Å². The summed E-state index contributed by atoms with van der Waals surface area (Å²) in [5.41, 5.74) is 3.08. The van der Waals surface area contributed by atoms with Crippen molar-refractivity contribution in [2.75, 3.05) is 5.01 Å². The molecule has 0 radical (unpaired) electrons. The van der Waals surface area contributed by atoms with Crippen LogP contribution in [0.15, 0.2) is 30.3 Å². The number of hydrogen-bond donors (Lipinski definition) is 1. The Morgan fingerprint density at radius 3 is 2.17 bits per heavy atom. The van der Waals surface area contributed by atoms with Gasteiger partial charge in [-0.25, -0.2) is 5.01 Å². The third kappa shape index (κ3) is 3.04. The molecule has 0 bridgehead atoms. The molecule has 0 spiro atoms. The van der Waals surface area contributed by atoms with E-state index in [9.17, 15) is 22.8 Å². The zero-order valence-corrected chi connectivity index (χ0v) is 12.3. The summed E-state index contributed by atoms with van der Waals surface area (Å²) in [6, 6.07) is 8.68. The minimum Gasteiger partial charge on any atom is -0.272 e. The van der Waals surface area contributed by atoms with Gasteiger partial charge in [0.05, 0.1) is 11.6 Å². The highest BCUT2D eigenvalue weighted by Gasteiger charge is 2.48. The maximum absolute atomic E-state index is 12.7. The highest BCUT2D eigenvalue weighted by atomic mass is 19.4. The molecule has 2 aliphatic rings. The molecule has 23 heavy (non-hydrogen) atoms. The van der Waals surface area contributed by atoms with Crippen LogP contribution in [-0.4, -0.2) is 18.0 Å². The van der Waals surface area contributed by atoms with Gasteiger partial charge in [0.1, 0.15) is 5.92 Å². The van der Waals surface area contributed by atoms with Gasteiger partial charge < -0.3 is 0 Å². The molecule has 1 N–H and O–H groups in total. The van der Waals surface area contributed by atoms with Gasteiger partial charge in [-0.2, -0.15) is 13.2 Å². The summed E-state index contributed by atoms with van der Waals surface area (Å²) in [5.74, 6) is -3.33. The first-order valence-electron chi connectivity index (χ1n) is 7.64. The minimum absolute atomic E-state index is 0.0173. The second-order valence-electron chi connectivity index (χ2n) is 6.12. The molecule has 7 heteroatoms. The van der Waals surface area contributed by atoms with Crippen LogP contribution in [-0.2, 0) is 9.59 Å². The first-order valence-corrected chi connectivity index (χ1v) is 7.64. The zero-order valence-electron chi connectivity index (χ0n) is 12.3. The Labute approximate surface area is 131 Å². The van der Waals surface area contributed by atoms with E-state index in [0.717, 1.165) is 0 Å². The monoisotopic (exact) mass is 326 g/mol. The van der Waals surface area contributed by atoms with Crippen LogP contribution in [0.1, 0.15) is 25.7 Å². The molecule has 1 aromatic rings. The van der Waals surface area contributed by atoms with Crippen LogP contribution in [0.25, 0.3) is 0 Å². The molecule has 1 aliphatic heterocycles. The van der Waals surface area contributed by atoms with Gasteiger partial charge in [-0.3, -0.25) is 15.0 Å². The van der Waals surface area contributed by atoms with Crippen molar-refractivity contribution in [1.29, 1.82) is 0 Å². The molecule has 1 heterocycles. The first-order chi connectivity index (χ1) is 10.9. The molecule has 1 saturated heterocycles. The second-order valence-corrected chi connectivity index (χ2v) is 6.12. The number of carbonyl (C=O) groups is 2. The minimum atomic E-state index is -4.19. The van der Waals surface area contributed by atoms with E-state index in [2.05, 4.69) is 5.43 Å². The fraction of sp³-hybridized carbons (Fsp3) is 0.500. The van der Waals surface area contributed by atoms with Crippen molar-refractivity contribution in [2.45, 2.75) is 31.9 Å². The average molecular weight is 326 g/mol. The maximum atomic E-state index is 12.7. The van der Waals surface area contributed by atoms with Gasteiger partial charge in [0.15, 0.2) is 0 Å². The molecule has 124 valence electrons. The van der Waals surface area contributed by atoms with Crippen molar-refractivity contribution in [3.63, 3.8) is 0 Å². The van der Waals surface area contributed by atoms with Crippen molar-refractivity contribution in [1.82, 2.24) is 5.43 Å². The second kappa shape index (κ2) is 5.86. The quantitative estimate of drug-likeness (QED) is 0.849. The maximum Gasteiger partial charge on any atom is 0.391 e. The van der Waals surface area contributed by atoms with Crippen LogP contribution in [0.3, 0.4) is 0 Å². The van der Waals surface area contributed by atoms with Crippen LogP contribution in [0.2, 0.25) is 0 Å². The Morgan fingerprint density at radius 1 is 1.00 bits per heavy atom. The van der Waals surface area contributed by atoms with Crippen LogP contribution in [0.5, 0.6) is 0 Å². The SMILES string of the molecule is O=C1NN(c2ccccc2)C(=O)C1C1CCC(C(F)(F)F)CC1. The number of amides is 2. The topological polar surface area (TPSA) is 49.4 Å². The standard InChI is InChI=1S/C16H17F3N2O2/c17-16(18,19)11-8-6-10(7-9-11)13-14(22)20-21(15(13)23)12-4-2-1-3-5-12/h1-5,10-11,13H,6-9H2,(H,20,22). The highest BCUT2D eigenvalue weighted by molar-refractivity contribution is 6.14. The normalized spacial score (nSPS) is 28.8. The third-order valence-corrected chi connectivity index (χ3v) is 4.71. The number of carbonyl (C=O) groups excluding carboxylic acids is 2. The summed E-state index contributed by atoms with van der Waals surface area (Å²) in [6.45, 7) is 0. The van der Waals surface area contributed by atoms with Crippen molar-refractivity contribution in [2.24, 2.45) is 17.8 Å². The summed E-state index contributed by atoms with van der Waals surface area (Å²) >= 11 is 0. The molecule has 2 fully saturated rings. The van der Waals surface area contributed by atoms with Gasteiger partial charge in [-0.15, -0.1) is 0 Å². The van der Waals surface area contributed by atoms with Crippen molar-refractivity contribution < 1.29 is 22.8 Å². The molecule has 1 aromatic carbocycles. The van der Waals surface area contributed by atoms with Crippen molar-refractivity contribution >= 4 is 17.5 Å². The molecule has 1 saturated carbocycles. The number of nitrogens with one attached hydrogen (secondary N) is 1. The number of halogens is 3. The number of rotatable bonds is 2. The Hall–Kier alpha value is -2.05. The number of anilines is 1. The lowest BCUT2D eigenvalue weighted by Gasteiger charge is -2.31. The van der Waals surface area contributed by atoms with Crippen LogP contribution in [0.4, 0.5) is 18.9 Å². The predicted molar refractivity (Wildman–Crippen MR) is 77.1 cm³/mol. The lowest BCUT2D eigenvalue weighted by molar-refractivity contribution is -0.184. The lowest BCUT2D eigenvalue weighted by Crippen LogP contribution is -2.36. The molecule has 1 aliphatic carbocycles. The van der Waals surface area contributed by atoms with E-state index in [0.29, 0.717) is 5.69 Å².